The van der Waals surface area contributed by atoms with E-state index in [-0.39, 0.29) is 0 Å². The molecule has 0 heteroatoms. The predicted octanol–water partition coefficient (Wildman–Crippen LogP) is 10.5. The monoisotopic (exact) mass is 382 g/mol. The molecule has 1 fully saturated rings. The van der Waals surface area contributed by atoms with Gasteiger partial charge in [-0.3, -0.25) is 0 Å². The zero-order valence-corrected chi connectivity index (χ0v) is 21.3. The van der Waals surface area contributed by atoms with E-state index < -0.39 is 0 Å². The second-order valence-corrected chi connectivity index (χ2v) is 8.58. The summed E-state index contributed by atoms with van der Waals surface area (Å²) >= 11 is 0. The van der Waals surface area contributed by atoms with Crippen LogP contribution in [0.1, 0.15) is 140 Å². The maximum Gasteiger partial charge on any atom is -0.0208 e. The highest BCUT2D eigenvalue weighted by molar-refractivity contribution is 4.97. The molecule has 27 heavy (non-hydrogen) atoms. The molecule has 0 aromatic heterocycles. The molecule has 0 N–H and O–H groups in total. The normalized spacial score (nSPS) is 19.5. The molecule has 0 radical (unpaired) electrons. The van der Waals surface area contributed by atoms with Crippen molar-refractivity contribution in [1.82, 2.24) is 0 Å². The van der Waals surface area contributed by atoms with Crippen molar-refractivity contribution in [3.63, 3.8) is 0 Å². The Hall–Kier alpha value is -0.260. The number of rotatable bonds is 8. The van der Waals surface area contributed by atoms with Crippen molar-refractivity contribution in [2.75, 3.05) is 0 Å². The second-order valence-electron chi connectivity index (χ2n) is 8.58. The maximum absolute atomic E-state index is 4.05. The van der Waals surface area contributed by atoms with Gasteiger partial charge < -0.3 is 0 Å². The fourth-order valence-electron chi connectivity index (χ4n) is 3.34. The van der Waals surface area contributed by atoms with E-state index in [4.69, 9.17) is 0 Å². The molecule has 1 unspecified atom stereocenters. The van der Waals surface area contributed by atoms with E-state index in [1.807, 2.05) is 13.8 Å². The lowest BCUT2D eigenvalue weighted by Gasteiger charge is -2.28. The van der Waals surface area contributed by atoms with Gasteiger partial charge in [0.05, 0.1) is 0 Å². The van der Waals surface area contributed by atoms with Crippen LogP contribution >= 0.6 is 0 Å². The summed E-state index contributed by atoms with van der Waals surface area (Å²) < 4.78 is 0. The van der Waals surface area contributed by atoms with Crippen molar-refractivity contribution in [3.8, 4) is 0 Å². The minimum atomic E-state index is 0.845. The predicted molar refractivity (Wildman–Crippen MR) is 131 cm³/mol. The molecule has 0 amide bonds. The standard InChI is InChI=1S/C12H22.C7H16.C6H14.C2H6/c1-4-5-11-6-8-12(9-7-11)10(2)3;1-4-6-7(3)5-2;1-4-6(3)5-2;1-2/h11-12H,2,4-9H2,1,3H3;7H,4-6H2,1-3H3;6H,4-5H2,1-3H3;1-2H3. The summed E-state index contributed by atoms with van der Waals surface area (Å²) in [6, 6.07) is 0. The summed E-state index contributed by atoms with van der Waals surface area (Å²) in [6.07, 6.45) is 15.3. The van der Waals surface area contributed by atoms with Crippen LogP contribution in [-0.4, -0.2) is 0 Å². The lowest BCUT2D eigenvalue weighted by molar-refractivity contribution is 0.286. The third kappa shape index (κ3) is 21.9. The molecule has 0 aliphatic heterocycles. The van der Waals surface area contributed by atoms with Crippen LogP contribution < -0.4 is 0 Å². The molecule has 0 heterocycles. The lowest BCUT2D eigenvalue weighted by atomic mass is 9.78. The zero-order valence-electron chi connectivity index (χ0n) is 21.3. The second kappa shape index (κ2) is 23.8. The molecule has 1 aliphatic carbocycles. The molecule has 1 atom stereocenters. The quantitative estimate of drug-likeness (QED) is 0.366. The SMILES string of the molecule is C=C(C)C1CCC(CCC)CC1.CC.CCC(C)CC.CCCC(C)CC. The van der Waals surface area contributed by atoms with Crippen LogP contribution in [0.3, 0.4) is 0 Å². The summed E-state index contributed by atoms with van der Waals surface area (Å²) in [6.45, 7) is 26.1. The van der Waals surface area contributed by atoms with Crippen molar-refractivity contribution in [1.29, 1.82) is 0 Å². The molecular formula is C27H58. The summed E-state index contributed by atoms with van der Waals surface area (Å²) in [5, 5.41) is 0. The van der Waals surface area contributed by atoms with Crippen LogP contribution in [-0.2, 0) is 0 Å². The zero-order chi connectivity index (χ0) is 21.7. The number of allylic oxidation sites excluding steroid dienone is 1. The van der Waals surface area contributed by atoms with Gasteiger partial charge in [-0.25, -0.2) is 0 Å². The Balaban J connectivity index is -0.000000331. The van der Waals surface area contributed by atoms with Crippen LogP contribution in [0.15, 0.2) is 12.2 Å². The summed E-state index contributed by atoms with van der Waals surface area (Å²) in [5.74, 6) is 3.76. The molecule has 166 valence electrons. The highest BCUT2D eigenvalue weighted by atomic mass is 14.3. The average molecular weight is 383 g/mol. The van der Waals surface area contributed by atoms with Gasteiger partial charge in [0.25, 0.3) is 0 Å². The molecule has 0 saturated heterocycles. The van der Waals surface area contributed by atoms with Crippen molar-refractivity contribution < 1.29 is 0 Å². The van der Waals surface area contributed by atoms with Crippen LogP contribution in [0.5, 0.6) is 0 Å². The molecular weight excluding hydrogens is 324 g/mol. The first-order valence-electron chi connectivity index (χ1n) is 12.5. The van der Waals surface area contributed by atoms with E-state index in [9.17, 15) is 0 Å². The third-order valence-electron chi connectivity index (χ3n) is 6.11. The number of hydrogen-bond acceptors (Lipinski definition) is 0. The van der Waals surface area contributed by atoms with Gasteiger partial charge in [0.15, 0.2) is 0 Å². The highest BCUT2D eigenvalue weighted by Gasteiger charge is 2.20. The summed E-state index contributed by atoms with van der Waals surface area (Å²) in [4.78, 5) is 0. The van der Waals surface area contributed by atoms with Crippen LogP contribution in [0.2, 0.25) is 0 Å². The van der Waals surface area contributed by atoms with Gasteiger partial charge in [0.2, 0.25) is 0 Å². The first kappa shape index (κ1) is 31.4. The molecule has 0 aromatic rings. The van der Waals surface area contributed by atoms with Gasteiger partial charge >= 0.3 is 0 Å². The summed E-state index contributed by atoms with van der Waals surface area (Å²) in [7, 11) is 0. The average Bonchev–Trinajstić information content (AvgIpc) is 2.70. The fraction of sp³-hybridized carbons (Fsp3) is 0.926. The van der Waals surface area contributed by atoms with Gasteiger partial charge in [0.1, 0.15) is 0 Å². The van der Waals surface area contributed by atoms with E-state index in [1.165, 1.54) is 76.2 Å². The van der Waals surface area contributed by atoms with E-state index in [0.29, 0.717) is 0 Å². The topological polar surface area (TPSA) is 0 Å². The minimum Gasteiger partial charge on any atom is -0.0999 e. The molecule has 1 saturated carbocycles. The Morgan fingerprint density at radius 3 is 1.44 bits per heavy atom. The van der Waals surface area contributed by atoms with Crippen LogP contribution in [0, 0.1) is 23.7 Å². The van der Waals surface area contributed by atoms with Crippen molar-refractivity contribution in [3.05, 3.63) is 12.2 Å². The van der Waals surface area contributed by atoms with E-state index in [1.54, 1.807) is 0 Å². The van der Waals surface area contributed by atoms with Crippen molar-refractivity contribution in [2.24, 2.45) is 23.7 Å². The fourth-order valence-corrected chi connectivity index (χ4v) is 3.34. The van der Waals surface area contributed by atoms with E-state index in [2.05, 4.69) is 62.0 Å². The molecule has 0 nitrogen and oxygen atoms in total. The number of hydrogen-bond donors (Lipinski definition) is 0. The Morgan fingerprint density at radius 1 is 0.778 bits per heavy atom. The van der Waals surface area contributed by atoms with Gasteiger partial charge in [-0.2, -0.15) is 0 Å². The lowest BCUT2D eigenvalue weighted by Crippen LogP contribution is -2.14. The van der Waals surface area contributed by atoms with Gasteiger partial charge in [-0.15, -0.1) is 0 Å². The first-order valence-corrected chi connectivity index (χ1v) is 12.5. The third-order valence-corrected chi connectivity index (χ3v) is 6.11. The van der Waals surface area contributed by atoms with Crippen LogP contribution in [0.25, 0.3) is 0 Å². The Labute approximate surface area is 176 Å². The van der Waals surface area contributed by atoms with Crippen molar-refractivity contribution >= 4 is 0 Å². The summed E-state index contributed by atoms with van der Waals surface area (Å²) in [5.41, 5.74) is 1.41. The van der Waals surface area contributed by atoms with Crippen molar-refractivity contribution in [2.45, 2.75) is 140 Å². The van der Waals surface area contributed by atoms with E-state index >= 15 is 0 Å². The highest BCUT2D eigenvalue weighted by Crippen LogP contribution is 2.34. The maximum atomic E-state index is 4.05. The van der Waals surface area contributed by atoms with Gasteiger partial charge in [0, 0.05) is 0 Å². The molecule has 0 spiro atoms. The Bertz CT molecular complexity index is 266. The molecule has 0 bridgehead atoms. The van der Waals surface area contributed by atoms with Crippen LogP contribution in [0.4, 0.5) is 0 Å². The van der Waals surface area contributed by atoms with Gasteiger partial charge in [-0.05, 0) is 56.3 Å². The molecule has 0 aromatic carbocycles. The smallest absolute Gasteiger partial charge is 0.0208 e. The minimum absolute atomic E-state index is 0.845. The molecule has 1 aliphatic rings. The largest absolute Gasteiger partial charge is 0.0999 e. The van der Waals surface area contributed by atoms with E-state index in [0.717, 1.165) is 23.7 Å². The first-order chi connectivity index (χ1) is 12.9. The molecule has 1 rings (SSSR count). The Kier molecular flexibility index (Phi) is 27.7. The Morgan fingerprint density at radius 2 is 1.22 bits per heavy atom. The van der Waals surface area contributed by atoms with Gasteiger partial charge in [-0.1, -0.05) is 119 Å².